The molecule has 3 unspecified atom stereocenters. The van der Waals surface area contributed by atoms with Gasteiger partial charge in [-0.1, -0.05) is 19.8 Å². The SMILES string of the molecule is CCC1CCCCCN1C(=O)C1CCCC(C)N1. The van der Waals surface area contributed by atoms with Gasteiger partial charge in [-0.3, -0.25) is 4.79 Å². The van der Waals surface area contributed by atoms with E-state index in [0.717, 1.165) is 19.4 Å². The summed E-state index contributed by atoms with van der Waals surface area (Å²) in [7, 11) is 0. The lowest BCUT2D eigenvalue weighted by Crippen LogP contribution is -2.53. The Labute approximate surface area is 111 Å². The second kappa shape index (κ2) is 6.55. The summed E-state index contributed by atoms with van der Waals surface area (Å²) in [5.74, 6) is 0.371. The summed E-state index contributed by atoms with van der Waals surface area (Å²) < 4.78 is 0. The summed E-state index contributed by atoms with van der Waals surface area (Å²) in [6, 6.07) is 1.07. The average molecular weight is 252 g/mol. The van der Waals surface area contributed by atoms with Gasteiger partial charge in [0.15, 0.2) is 0 Å². The molecule has 2 aliphatic heterocycles. The van der Waals surface area contributed by atoms with Crippen LogP contribution in [0.1, 0.15) is 65.2 Å². The maximum atomic E-state index is 12.7. The van der Waals surface area contributed by atoms with E-state index in [9.17, 15) is 4.79 Å². The number of nitrogens with zero attached hydrogens (tertiary/aromatic N) is 1. The van der Waals surface area contributed by atoms with Crippen LogP contribution in [0.3, 0.4) is 0 Å². The van der Waals surface area contributed by atoms with Gasteiger partial charge >= 0.3 is 0 Å². The molecule has 2 aliphatic rings. The molecule has 0 saturated carbocycles. The largest absolute Gasteiger partial charge is 0.338 e. The third kappa shape index (κ3) is 3.25. The molecule has 2 heterocycles. The van der Waals surface area contributed by atoms with Crippen molar-refractivity contribution in [2.75, 3.05) is 6.54 Å². The van der Waals surface area contributed by atoms with Crippen LogP contribution in [0.25, 0.3) is 0 Å². The number of nitrogens with one attached hydrogen (secondary N) is 1. The third-order valence-electron chi connectivity index (χ3n) is 4.55. The summed E-state index contributed by atoms with van der Waals surface area (Å²) in [4.78, 5) is 14.9. The molecule has 1 N–H and O–H groups in total. The van der Waals surface area contributed by atoms with E-state index in [4.69, 9.17) is 0 Å². The Morgan fingerprint density at radius 2 is 2.00 bits per heavy atom. The van der Waals surface area contributed by atoms with Gasteiger partial charge in [0.25, 0.3) is 0 Å². The summed E-state index contributed by atoms with van der Waals surface area (Å²) >= 11 is 0. The number of piperidine rings is 1. The normalized spacial score (nSPS) is 34.1. The van der Waals surface area contributed by atoms with Crippen LogP contribution in [0.5, 0.6) is 0 Å². The first-order valence-electron chi connectivity index (χ1n) is 7.79. The smallest absolute Gasteiger partial charge is 0.239 e. The van der Waals surface area contributed by atoms with Crippen LogP contribution in [0.2, 0.25) is 0 Å². The number of hydrogen-bond acceptors (Lipinski definition) is 2. The van der Waals surface area contributed by atoms with Gasteiger partial charge in [0.1, 0.15) is 0 Å². The van der Waals surface area contributed by atoms with Crippen molar-refractivity contribution in [1.82, 2.24) is 10.2 Å². The molecule has 0 radical (unpaired) electrons. The molecule has 18 heavy (non-hydrogen) atoms. The first-order valence-corrected chi connectivity index (χ1v) is 7.79. The maximum absolute atomic E-state index is 12.7. The average Bonchev–Trinajstić information content (AvgIpc) is 2.62. The van der Waals surface area contributed by atoms with E-state index >= 15 is 0 Å². The number of likely N-dealkylation sites (tertiary alicyclic amines) is 1. The van der Waals surface area contributed by atoms with Crippen LogP contribution < -0.4 is 5.32 Å². The highest BCUT2D eigenvalue weighted by atomic mass is 16.2. The lowest BCUT2D eigenvalue weighted by Gasteiger charge is -2.36. The Kier molecular flexibility index (Phi) is 5.04. The van der Waals surface area contributed by atoms with E-state index in [1.807, 2.05) is 0 Å². The number of amides is 1. The van der Waals surface area contributed by atoms with Crippen LogP contribution in [-0.4, -0.2) is 35.5 Å². The zero-order valence-electron chi connectivity index (χ0n) is 12.0. The molecule has 0 aromatic heterocycles. The van der Waals surface area contributed by atoms with E-state index in [0.29, 0.717) is 18.0 Å². The molecule has 0 spiro atoms. The molecular weight excluding hydrogens is 224 g/mol. The Morgan fingerprint density at radius 3 is 2.72 bits per heavy atom. The summed E-state index contributed by atoms with van der Waals surface area (Å²) in [5.41, 5.74) is 0. The van der Waals surface area contributed by atoms with Crippen LogP contribution in [0, 0.1) is 0 Å². The molecule has 3 nitrogen and oxygen atoms in total. The van der Waals surface area contributed by atoms with E-state index in [-0.39, 0.29) is 6.04 Å². The summed E-state index contributed by atoms with van der Waals surface area (Å²) in [5, 5.41) is 3.49. The predicted molar refractivity (Wildman–Crippen MR) is 74.5 cm³/mol. The van der Waals surface area contributed by atoms with Gasteiger partial charge in [-0.05, 0) is 45.4 Å². The fourth-order valence-electron chi connectivity index (χ4n) is 3.43. The Balaban J connectivity index is 2.00. The van der Waals surface area contributed by atoms with Crippen LogP contribution in [0.4, 0.5) is 0 Å². The third-order valence-corrected chi connectivity index (χ3v) is 4.55. The minimum absolute atomic E-state index is 0.0842. The molecule has 3 atom stereocenters. The summed E-state index contributed by atoms with van der Waals surface area (Å²) in [6.45, 7) is 5.39. The molecule has 0 aromatic rings. The zero-order chi connectivity index (χ0) is 13.0. The predicted octanol–water partition coefficient (Wildman–Crippen LogP) is 2.70. The van der Waals surface area contributed by atoms with Gasteiger partial charge in [-0.25, -0.2) is 0 Å². The second-order valence-corrected chi connectivity index (χ2v) is 5.99. The van der Waals surface area contributed by atoms with Crippen molar-refractivity contribution in [3.8, 4) is 0 Å². The van der Waals surface area contributed by atoms with Crippen molar-refractivity contribution < 1.29 is 4.79 Å². The van der Waals surface area contributed by atoms with Gasteiger partial charge < -0.3 is 10.2 Å². The Morgan fingerprint density at radius 1 is 1.17 bits per heavy atom. The number of rotatable bonds is 2. The quantitative estimate of drug-likeness (QED) is 0.819. The van der Waals surface area contributed by atoms with Gasteiger partial charge in [0.2, 0.25) is 5.91 Å². The molecule has 2 fully saturated rings. The topological polar surface area (TPSA) is 32.3 Å². The van der Waals surface area contributed by atoms with E-state index in [1.165, 1.54) is 38.5 Å². The molecule has 2 rings (SSSR count). The Hall–Kier alpha value is -0.570. The summed E-state index contributed by atoms with van der Waals surface area (Å²) in [6.07, 6.45) is 9.49. The molecular formula is C15H28N2O. The standard InChI is InChI=1S/C15H28N2O/c1-3-13-9-5-4-6-11-17(13)15(18)14-10-7-8-12(2)16-14/h12-14,16H,3-11H2,1-2H3. The van der Waals surface area contributed by atoms with Crippen molar-refractivity contribution in [2.24, 2.45) is 0 Å². The fourth-order valence-corrected chi connectivity index (χ4v) is 3.43. The number of hydrogen-bond donors (Lipinski definition) is 1. The Bertz CT molecular complexity index is 280. The van der Waals surface area contributed by atoms with Crippen molar-refractivity contribution in [2.45, 2.75) is 83.3 Å². The van der Waals surface area contributed by atoms with Crippen molar-refractivity contribution in [3.63, 3.8) is 0 Å². The first kappa shape index (κ1) is 13.9. The van der Waals surface area contributed by atoms with Crippen molar-refractivity contribution in [3.05, 3.63) is 0 Å². The molecule has 104 valence electrons. The van der Waals surface area contributed by atoms with Crippen LogP contribution >= 0.6 is 0 Å². The van der Waals surface area contributed by atoms with Gasteiger partial charge in [0.05, 0.1) is 6.04 Å². The molecule has 1 amide bonds. The van der Waals surface area contributed by atoms with Crippen LogP contribution in [0.15, 0.2) is 0 Å². The monoisotopic (exact) mass is 252 g/mol. The minimum Gasteiger partial charge on any atom is -0.338 e. The number of carbonyl (C=O) groups is 1. The highest BCUT2D eigenvalue weighted by Crippen LogP contribution is 2.22. The van der Waals surface area contributed by atoms with Gasteiger partial charge in [0, 0.05) is 18.6 Å². The molecule has 0 aliphatic carbocycles. The van der Waals surface area contributed by atoms with E-state index in [2.05, 4.69) is 24.1 Å². The lowest BCUT2D eigenvalue weighted by atomic mass is 9.97. The van der Waals surface area contributed by atoms with E-state index < -0.39 is 0 Å². The zero-order valence-corrected chi connectivity index (χ0v) is 12.0. The van der Waals surface area contributed by atoms with Crippen molar-refractivity contribution >= 4 is 5.91 Å². The van der Waals surface area contributed by atoms with E-state index in [1.54, 1.807) is 0 Å². The molecule has 0 aromatic carbocycles. The molecule has 0 bridgehead atoms. The maximum Gasteiger partial charge on any atom is 0.239 e. The van der Waals surface area contributed by atoms with Gasteiger partial charge in [-0.15, -0.1) is 0 Å². The molecule has 2 saturated heterocycles. The van der Waals surface area contributed by atoms with Crippen molar-refractivity contribution in [1.29, 1.82) is 0 Å². The minimum atomic E-state index is 0.0842. The number of carbonyl (C=O) groups excluding carboxylic acids is 1. The molecule has 3 heteroatoms. The highest BCUT2D eigenvalue weighted by molar-refractivity contribution is 5.82. The second-order valence-electron chi connectivity index (χ2n) is 5.99. The highest BCUT2D eigenvalue weighted by Gasteiger charge is 2.31. The van der Waals surface area contributed by atoms with Gasteiger partial charge in [-0.2, -0.15) is 0 Å². The van der Waals surface area contributed by atoms with Crippen LogP contribution in [-0.2, 0) is 4.79 Å². The lowest BCUT2D eigenvalue weighted by molar-refractivity contribution is -0.136. The fraction of sp³-hybridized carbons (Fsp3) is 0.933. The first-order chi connectivity index (χ1) is 8.72.